The van der Waals surface area contributed by atoms with Crippen molar-refractivity contribution in [1.29, 1.82) is 0 Å². The summed E-state index contributed by atoms with van der Waals surface area (Å²) in [5.74, 6) is -0.209. The minimum Gasteiger partial charge on any atom is -0.271 e. The van der Waals surface area contributed by atoms with E-state index in [1.165, 1.54) is 84.0 Å². The average molecular weight is 560 g/mol. The first kappa shape index (κ1) is 28.6. The Balaban J connectivity index is 1.44. The number of rotatable bonds is 13. The summed E-state index contributed by atoms with van der Waals surface area (Å²) < 4.78 is 0. The molecular formula is C39H45NO2. The highest BCUT2D eigenvalue weighted by molar-refractivity contribution is 6.38. The van der Waals surface area contributed by atoms with Gasteiger partial charge in [0, 0.05) is 22.6 Å². The van der Waals surface area contributed by atoms with Crippen molar-refractivity contribution in [3.8, 4) is 0 Å². The van der Waals surface area contributed by atoms with Crippen LogP contribution in [0.3, 0.4) is 0 Å². The Hall–Kier alpha value is -3.46. The third-order valence-corrected chi connectivity index (χ3v) is 9.86. The highest BCUT2D eigenvalue weighted by Crippen LogP contribution is 2.45. The molecule has 0 saturated carbocycles. The fraction of sp³-hybridized carbons (Fsp3) is 0.436. The zero-order valence-electron chi connectivity index (χ0n) is 25.9. The Bertz CT molecular complexity index is 1660. The molecule has 0 bridgehead atoms. The molecule has 0 radical (unpaired) electrons. The van der Waals surface area contributed by atoms with Crippen molar-refractivity contribution < 1.29 is 9.59 Å². The van der Waals surface area contributed by atoms with Crippen molar-refractivity contribution in [2.75, 3.05) is 0 Å². The summed E-state index contributed by atoms with van der Waals surface area (Å²) in [6.07, 6.45) is 13.6. The molecule has 0 aliphatic carbocycles. The Kier molecular flexibility index (Phi) is 8.21. The number of carbonyl (C=O) groups is 2. The monoisotopic (exact) mass is 559 g/mol. The van der Waals surface area contributed by atoms with Crippen LogP contribution in [-0.2, 0) is 0 Å². The van der Waals surface area contributed by atoms with Crippen molar-refractivity contribution in [2.45, 2.75) is 111 Å². The Morgan fingerprint density at radius 3 is 1.36 bits per heavy atom. The minimum absolute atomic E-state index is 0.0378. The zero-order chi connectivity index (χ0) is 29.4. The normalized spacial score (nSPS) is 13.7. The van der Waals surface area contributed by atoms with E-state index in [-0.39, 0.29) is 17.9 Å². The number of imide groups is 1. The van der Waals surface area contributed by atoms with Gasteiger partial charge >= 0.3 is 0 Å². The number of hydrogen-bond acceptors (Lipinski definition) is 2. The molecular weight excluding hydrogens is 514 g/mol. The third-order valence-electron chi connectivity index (χ3n) is 9.86. The van der Waals surface area contributed by atoms with Crippen LogP contribution in [-0.4, -0.2) is 22.8 Å². The lowest BCUT2D eigenvalue weighted by Gasteiger charge is -2.35. The van der Waals surface area contributed by atoms with Gasteiger partial charge in [0.15, 0.2) is 0 Å². The average Bonchev–Trinajstić information content (AvgIpc) is 2.99. The number of carbonyl (C=O) groups excluding carboxylic acids is 2. The molecule has 42 heavy (non-hydrogen) atoms. The Morgan fingerprint density at radius 2 is 0.905 bits per heavy atom. The van der Waals surface area contributed by atoms with Crippen molar-refractivity contribution in [3.05, 3.63) is 70.8 Å². The predicted octanol–water partition coefficient (Wildman–Crippen LogP) is 11.0. The molecule has 0 aromatic heterocycles. The molecule has 0 fully saturated rings. The van der Waals surface area contributed by atoms with E-state index < -0.39 is 0 Å². The molecule has 3 heteroatoms. The van der Waals surface area contributed by atoms with E-state index in [0.717, 1.165) is 47.2 Å². The number of hydrogen-bond donors (Lipinski definition) is 0. The Morgan fingerprint density at radius 1 is 0.500 bits per heavy atom. The van der Waals surface area contributed by atoms with Crippen LogP contribution in [0.5, 0.6) is 0 Å². The zero-order valence-corrected chi connectivity index (χ0v) is 25.9. The van der Waals surface area contributed by atoms with Crippen molar-refractivity contribution in [1.82, 2.24) is 4.90 Å². The van der Waals surface area contributed by atoms with Crippen molar-refractivity contribution >= 4 is 54.9 Å². The minimum atomic E-state index is -0.105. The van der Waals surface area contributed by atoms with Gasteiger partial charge in [-0.05, 0) is 87.7 Å². The van der Waals surface area contributed by atoms with Gasteiger partial charge in [-0.2, -0.15) is 0 Å². The number of amides is 2. The van der Waals surface area contributed by atoms with Gasteiger partial charge in [0.2, 0.25) is 0 Å². The summed E-state index contributed by atoms with van der Waals surface area (Å²) in [5, 5.41) is 9.16. The maximum absolute atomic E-state index is 14.3. The molecule has 1 heterocycles. The van der Waals surface area contributed by atoms with Gasteiger partial charge in [0.25, 0.3) is 11.8 Å². The molecule has 218 valence electrons. The summed E-state index contributed by atoms with van der Waals surface area (Å²) in [5.41, 5.74) is 3.93. The number of fused-ring (bicyclic) bond motifs is 2. The second-order valence-corrected chi connectivity index (χ2v) is 12.7. The van der Waals surface area contributed by atoms with E-state index in [0.29, 0.717) is 11.1 Å². The van der Waals surface area contributed by atoms with Crippen LogP contribution in [0, 0.1) is 13.8 Å². The summed E-state index contributed by atoms with van der Waals surface area (Å²) in [6.45, 7) is 8.83. The van der Waals surface area contributed by atoms with E-state index in [4.69, 9.17) is 0 Å². The van der Waals surface area contributed by atoms with Crippen molar-refractivity contribution in [2.24, 2.45) is 0 Å². The number of aryl methyl sites for hydroxylation is 2. The number of nitrogens with zero attached hydrogens (tertiary/aromatic N) is 1. The molecule has 2 amide bonds. The fourth-order valence-electron chi connectivity index (χ4n) is 7.67. The van der Waals surface area contributed by atoms with Gasteiger partial charge < -0.3 is 0 Å². The standard InChI is InChI=1S/C39H45NO2/c1-5-7-9-11-13-15-27(16-14-12-10-8-6-2)40-38(41)32-23-21-30-28-19-17-25(3)34-26(4)18-20-29(35(28)34)31-22-24-33(39(40)42)37(32)36(30)31/h17-24,27H,5-16H2,1-4H3. The van der Waals surface area contributed by atoms with Gasteiger partial charge in [0.1, 0.15) is 0 Å². The summed E-state index contributed by atoms with van der Waals surface area (Å²) >= 11 is 0. The summed E-state index contributed by atoms with van der Waals surface area (Å²) in [4.78, 5) is 30.2. The quantitative estimate of drug-likeness (QED) is 0.0622. The van der Waals surface area contributed by atoms with E-state index in [1.807, 2.05) is 12.1 Å². The van der Waals surface area contributed by atoms with Gasteiger partial charge in [-0.25, -0.2) is 0 Å². The first-order valence-electron chi connectivity index (χ1n) is 16.5. The van der Waals surface area contributed by atoms with E-state index in [2.05, 4.69) is 64.1 Å². The smallest absolute Gasteiger partial charge is 0.261 e. The second kappa shape index (κ2) is 12.0. The lowest BCUT2D eigenvalue weighted by Crippen LogP contribution is -2.47. The predicted molar refractivity (Wildman–Crippen MR) is 178 cm³/mol. The van der Waals surface area contributed by atoms with E-state index in [9.17, 15) is 9.59 Å². The molecule has 3 nitrogen and oxygen atoms in total. The van der Waals surface area contributed by atoms with Gasteiger partial charge in [-0.1, -0.05) is 114 Å². The van der Waals surface area contributed by atoms with Crippen LogP contribution in [0.1, 0.15) is 123 Å². The molecule has 0 atom stereocenters. The van der Waals surface area contributed by atoms with Crippen LogP contribution >= 0.6 is 0 Å². The van der Waals surface area contributed by atoms with Crippen molar-refractivity contribution in [3.63, 3.8) is 0 Å². The number of benzene rings is 5. The van der Waals surface area contributed by atoms with Crippen LogP contribution < -0.4 is 0 Å². The van der Waals surface area contributed by atoms with Gasteiger partial charge in [-0.3, -0.25) is 14.5 Å². The highest BCUT2D eigenvalue weighted by atomic mass is 16.2. The molecule has 6 rings (SSSR count). The topological polar surface area (TPSA) is 37.4 Å². The third kappa shape index (κ3) is 4.75. The molecule has 5 aromatic rings. The van der Waals surface area contributed by atoms with Gasteiger partial charge in [0.05, 0.1) is 0 Å². The first-order chi connectivity index (χ1) is 20.5. The lowest BCUT2D eigenvalue weighted by molar-refractivity contribution is 0.0517. The maximum atomic E-state index is 14.3. The molecule has 0 saturated heterocycles. The molecule has 0 N–H and O–H groups in total. The largest absolute Gasteiger partial charge is 0.271 e. The Labute approximate surface area is 250 Å². The lowest BCUT2D eigenvalue weighted by atomic mass is 9.83. The summed E-state index contributed by atoms with van der Waals surface area (Å²) in [6, 6.07) is 17.1. The molecule has 1 aliphatic rings. The molecule has 5 aromatic carbocycles. The van der Waals surface area contributed by atoms with Crippen LogP contribution in [0.25, 0.3) is 43.1 Å². The fourth-order valence-corrected chi connectivity index (χ4v) is 7.67. The molecule has 1 aliphatic heterocycles. The van der Waals surface area contributed by atoms with Gasteiger partial charge in [-0.15, -0.1) is 0 Å². The van der Waals surface area contributed by atoms with E-state index in [1.54, 1.807) is 4.90 Å². The summed E-state index contributed by atoms with van der Waals surface area (Å²) in [7, 11) is 0. The molecule has 0 unspecified atom stereocenters. The second-order valence-electron chi connectivity index (χ2n) is 12.7. The first-order valence-corrected chi connectivity index (χ1v) is 16.5. The van der Waals surface area contributed by atoms with E-state index >= 15 is 0 Å². The van der Waals surface area contributed by atoms with Crippen LogP contribution in [0.15, 0.2) is 48.5 Å². The SMILES string of the molecule is CCCCCCCC(CCCCCCC)N1C(=O)c2ccc3c4ccc(C)c5c(C)ccc(c6ccc(c2c36)C1=O)c54. The molecule has 0 spiro atoms. The maximum Gasteiger partial charge on any atom is 0.261 e. The van der Waals surface area contributed by atoms with Crippen LogP contribution in [0.4, 0.5) is 0 Å². The number of unbranched alkanes of at least 4 members (excludes halogenated alkanes) is 8. The van der Waals surface area contributed by atoms with Crippen LogP contribution in [0.2, 0.25) is 0 Å². The highest BCUT2D eigenvalue weighted by Gasteiger charge is 2.38.